The van der Waals surface area contributed by atoms with Gasteiger partial charge in [0.25, 0.3) is 0 Å². The van der Waals surface area contributed by atoms with E-state index in [1.807, 2.05) is 24.3 Å². The summed E-state index contributed by atoms with van der Waals surface area (Å²) in [4.78, 5) is 0.904. The molecule has 0 aromatic heterocycles. The third-order valence-corrected chi connectivity index (χ3v) is 4.78. The van der Waals surface area contributed by atoms with Crippen molar-refractivity contribution in [3.05, 3.63) is 58.3 Å². The summed E-state index contributed by atoms with van der Waals surface area (Å²) < 4.78 is 19.2. The second-order valence-corrected chi connectivity index (χ2v) is 6.65. The van der Waals surface area contributed by atoms with Crippen LogP contribution in [0.2, 0.25) is 0 Å². The van der Waals surface area contributed by atoms with Gasteiger partial charge in [0.05, 0.1) is 11.6 Å². The summed E-state index contributed by atoms with van der Waals surface area (Å²) in [5.74, 6) is 1.33. The summed E-state index contributed by atoms with van der Waals surface area (Å²) in [6, 6.07) is 12.5. The molecule has 112 valence electrons. The van der Waals surface area contributed by atoms with Gasteiger partial charge in [-0.25, -0.2) is 4.39 Å². The van der Waals surface area contributed by atoms with Gasteiger partial charge in [-0.1, -0.05) is 12.1 Å². The first-order valence-corrected chi connectivity index (χ1v) is 8.32. The van der Waals surface area contributed by atoms with Gasteiger partial charge in [-0.05, 0) is 58.2 Å². The minimum absolute atomic E-state index is 0.0126. The molecule has 0 saturated heterocycles. The Morgan fingerprint density at radius 2 is 2.10 bits per heavy atom. The highest BCUT2D eigenvalue weighted by molar-refractivity contribution is 9.10. The van der Waals surface area contributed by atoms with Crippen molar-refractivity contribution in [2.45, 2.75) is 17.4 Å². The van der Waals surface area contributed by atoms with Gasteiger partial charge in [-0.2, -0.15) is 0 Å². The molecule has 0 amide bonds. The molecule has 5 heteroatoms. The summed E-state index contributed by atoms with van der Waals surface area (Å²) in [6.07, 6.45) is 0.769. The van der Waals surface area contributed by atoms with Crippen LogP contribution in [0.5, 0.6) is 5.75 Å². The topological polar surface area (TPSA) is 35.2 Å². The molecule has 2 rings (SSSR count). The highest BCUT2D eigenvalue weighted by atomic mass is 79.9. The molecule has 0 saturated carbocycles. The molecular formula is C16H17BrFNOS. The fourth-order valence-corrected chi connectivity index (χ4v) is 3.44. The summed E-state index contributed by atoms with van der Waals surface area (Å²) in [5, 5.41) is 0. The zero-order valence-corrected chi connectivity index (χ0v) is 14.1. The lowest BCUT2D eigenvalue weighted by Gasteiger charge is -2.12. The van der Waals surface area contributed by atoms with Crippen molar-refractivity contribution < 1.29 is 9.13 Å². The number of methoxy groups -OCH3 is 1. The van der Waals surface area contributed by atoms with Crippen LogP contribution in [0.15, 0.2) is 51.8 Å². The van der Waals surface area contributed by atoms with E-state index in [0.717, 1.165) is 32.9 Å². The van der Waals surface area contributed by atoms with Crippen LogP contribution < -0.4 is 10.5 Å². The van der Waals surface area contributed by atoms with Crippen LogP contribution in [0.25, 0.3) is 0 Å². The van der Waals surface area contributed by atoms with Crippen LogP contribution in [-0.4, -0.2) is 18.9 Å². The van der Waals surface area contributed by atoms with Crippen molar-refractivity contribution in [3.8, 4) is 5.75 Å². The monoisotopic (exact) mass is 369 g/mol. The molecule has 0 bridgehead atoms. The maximum Gasteiger partial charge on any atom is 0.133 e. The second-order valence-electron chi connectivity index (χ2n) is 4.70. The number of benzene rings is 2. The van der Waals surface area contributed by atoms with E-state index < -0.39 is 0 Å². The zero-order valence-electron chi connectivity index (χ0n) is 11.7. The predicted molar refractivity (Wildman–Crippen MR) is 89.5 cm³/mol. The normalized spacial score (nSPS) is 12.2. The van der Waals surface area contributed by atoms with Gasteiger partial charge in [0.15, 0.2) is 0 Å². The van der Waals surface area contributed by atoms with Crippen LogP contribution in [0.3, 0.4) is 0 Å². The van der Waals surface area contributed by atoms with Gasteiger partial charge < -0.3 is 10.5 Å². The molecule has 2 aromatic carbocycles. The molecule has 0 aliphatic heterocycles. The molecule has 21 heavy (non-hydrogen) atoms. The number of thioether (sulfide) groups is 1. The van der Waals surface area contributed by atoms with Crippen molar-refractivity contribution >= 4 is 27.7 Å². The fraction of sp³-hybridized carbons (Fsp3) is 0.250. The lowest BCUT2D eigenvalue weighted by molar-refractivity contribution is 0.412. The predicted octanol–water partition coefficient (Wildman–Crippen LogP) is 4.26. The number of nitrogens with two attached hydrogens (primary N) is 1. The maximum atomic E-state index is 13.1. The SMILES string of the molecule is COc1ccc(CC(N)CSc2cccc(F)c2)cc1Br. The Bertz CT molecular complexity index is 609. The highest BCUT2D eigenvalue weighted by Gasteiger charge is 2.08. The second kappa shape index (κ2) is 7.82. The van der Waals surface area contributed by atoms with Crippen molar-refractivity contribution in [1.29, 1.82) is 0 Å². The van der Waals surface area contributed by atoms with Crippen molar-refractivity contribution in [3.63, 3.8) is 0 Å². The van der Waals surface area contributed by atoms with Crippen LogP contribution >= 0.6 is 27.7 Å². The number of hydrogen-bond donors (Lipinski definition) is 1. The molecule has 1 unspecified atom stereocenters. The van der Waals surface area contributed by atoms with Gasteiger partial charge in [0.1, 0.15) is 11.6 Å². The van der Waals surface area contributed by atoms with Gasteiger partial charge in [0.2, 0.25) is 0 Å². The molecular weight excluding hydrogens is 353 g/mol. The Labute approximate surface area is 137 Å². The molecule has 0 aliphatic rings. The largest absolute Gasteiger partial charge is 0.496 e. The van der Waals surface area contributed by atoms with Gasteiger partial charge >= 0.3 is 0 Å². The van der Waals surface area contributed by atoms with E-state index in [9.17, 15) is 4.39 Å². The number of ether oxygens (including phenoxy) is 1. The Kier molecular flexibility index (Phi) is 6.08. The van der Waals surface area contributed by atoms with E-state index in [2.05, 4.69) is 15.9 Å². The molecule has 0 heterocycles. The third-order valence-electron chi connectivity index (χ3n) is 2.97. The Morgan fingerprint density at radius 1 is 1.29 bits per heavy atom. The first kappa shape index (κ1) is 16.3. The minimum atomic E-state index is -0.215. The molecule has 0 spiro atoms. The van der Waals surface area contributed by atoms with Crippen molar-refractivity contribution in [2.24, 2.45) is 5.73 Å². The van der Waals surface area contributed by atoms with Gasteiger partial charge in [-0.15, -0.1) is 11.8 Å². The fourth-order valence-electron chi connectivity index (χ4n) is 1.96. The van der Waals surface area contributed by atoms with Crippen LogP contribution in [0.4, 0.5) is 4.39 Å². The standard InChI is InChI=1S/C16H17BrFNOS/c1-20-16-6-5-11(8-15(16)17)7-13(19)10-21-14-4-2-3-12(18)9-14/h2-6,8-9,13H,7,10,19H2,1H3. The van der Waals surface area contributed by atoms with E-state index in [1.54, 1.807) is 24.9 Å². The van der Waals surface area contributed by atoms with Gasteiger partial charge in [0, 0.05) is 16.7 Å². The molecule has 2 nitrogen and oxygen atoms in total. The maximum absolute atomic E-state index is 13.1. The minimum Gasteiger partial charge on any atom is -0.496 e. The summed E-state index contributed by atoms with van der Waals surface area (Å²) in [6.45, 7) is 0. The number of rotatable bonds is 6. The summed E-state index contributed by atoms with van der Waals surface area (Å²) in [5.41, 5.74) is 7.30. The van der Waals surface area contributed by atoms with Crippen molar-refractivity contribution in [2.75, 3.05) is 12.9 Å². The van der Waals surface area contributed by atoms with E-state index in [1.165, 1.54) is 12.1 Å². The van der Waals surface area contributed by atoms with Crippen molar-refractivity contribution in [1.82, 2.24) is 0 Å². The highest BCUT2D eigenvalue weighted by Crippen LogP contribution is 2.26. The van der Waals surface area contributed by atoms with Gasteiger partial charge in [-0.3, -0.25) is 0 Å². The van der Waals surface area contributed by atoms with Crippen LogP contribution in [0.1, 0.15) is 5.56 Å². The molecule has 0 fully saturated rings. The molecule has 0 radical (unpaired) electrons. The van der Waals surface area contributed by atoms with Crippen LogP contribution in [0, 0.1) is 5.82 Å². The lowest BCUT2D eigenvalue weighted by atomic mass is 10.1. The lowest BCUT2D eigenvalue weighted by Crippen LogP contribution is -2.25. The van der Waals surface area contributed by atoms with E-state index >= 15 is 0 Å². The molecule has 0 aliphatic carbocycles. The summed E-state index contributed by atoms with van der Waals surface area (Å²) in [7, 11) is 1.64. The molecule has 1 atom stereocenters. The Hall–Kier alpha value is -1.04. The average Bonchev–Trinajstić information content (AvgIpc) is 2.45. The number of hydrogen-bond acceptors (Lipinski definition) is 3. The van der Waals surface area contributed by atoms with E-state index in [4.69, 9.17) is 10.5 Å². The van der Waals surface area contributed by atoms with E-state index in [-0.39, 0.29) is 11.9 Å². The Morgan fingerprint density at radius 3 is 2.76 bits per heavy atom. The molecule has 2 N–H and O–H groups in total. The summed E-state index contributed by atoms with van der Waals surface area (Å²) >= 11 is 5.04. The smallest absolute Gasteiger partial charge is 0.133 e. The quantitative estimate of drug-likeness (QED) is 0.772. The Balaban J connectivity index is 1.89. The first-order valence-electron chi connectivity index (χ1n) is 6.55. The first-order chi connectivity index (χ1) is 10.1. The third kappa shape index (κ3) is 5.02. The van der Waals surface area contributed by atoms with E-state index in [0.29, 0.717) is 0 Å². The van der Waals surface area contributed by atoms with Crippen LogP contribution in [-0.2, 0) is 6.42 Å². The zero-order chi connectivity index (χ0) is 15.2. The number of halogens is 2. The average molecular weight is 370 g/mol. The molecule has 2 aromatic rings.